The minimum Gasteiger partial charge on any atom is -0.360 e. The average Bonchev–Trinajstić information content (AvgIpc) is 3.10. The van der Waals surface area contributed by atoms with Crippen LogP contribution in [0.25, 0.3) is 0 Å². The van der Waals surface area contributed by atoms with Crippen molar-refractivity contribution in [2.24, 2.45) is 17.8 Å². The lowest BCUT2D eigenvalue weighted by Crippen LogP contribution is -2.46. The number of rotatable bonds is 3. The Morgan fingerprint density at radius 3 is 2.73 bits per heavy atom. The summed E-state index contributed by atoms with van der Waals surface area (Å²) in [4.78, 5) is 12.2. The first-order valence-corrected chi connectivity index (χ1v) is 8.69. The Morgan fingerprint density at radius 1 is 1.32 bits per heavy atom. The summed E-state index contributed by atoms with van der Waals surface area (Å²) < 4.78 is 0. The standard InChI is InChI=1S/C17H21ClN2OS/c1-10(14-9-11-6-7-12(14)8-11)19-17(22)20-16(21)13-4-2-3-5-15(13)18/h2-5,10-12,14H,6-9H2,1H3,(H2,19,20,21,22). The van der Waals surface area contributed by atoms with E-state index >= 15 is 0 Å². The number of halogens is 1. The molecule has 2 fully saturated rings. The fraction of sp³-hybridized carbons (Fsp3) is 0.529. The summed E-state index contributed by atoms with van der Waals surface area (Å²) in [6.45, 7) is 2.17. The number of carbonyl (C=O) groups excluding carboxylic acids is 1. The fourth-order valence-corrected chi connectivity index (χ4v) is 4.57. The first-order chi connectivity index (χ1) is 10.5. The number of amides is 1. The summed E-state index contributed by atoms with van der Waals surface area (Å²) >= 11 is 11.3. The predicted octanol–water partition coefficient (Wildman–Crippen LogP) is 3.77. The Hall–Kier alpha value is -1.13. The predicted molar refractivity (Wildman–Crippen MR) is 93.1 cm³/mol. The number of hydrogen-bond acceptors (Lipinski definition) is 2. The molecule has 0 aliphatic heterocycles. The van der Waals surface area contributed by atoms with Crippen molar-refractivity contribution >= 4 is 34.8 Å². The molecule has 118 valence electrons. The van der Waals surface area contributed by atoms with E-state index in [1.54, 1.807) is 24.3 Å². The van der Waals surface area contributed by atoms with Gasteiger partial charge in [0.2, 0.25) is 0 Å². The van der Waals surface area contributed by atoms with Crippen molar-refractivity contribution in [1.29, 1.82) is 0 Å². The number of nitrogens with one attached hydrogen (secondary N) is 2. The molecule has 0 aromatic heterocycles. The van der Waals surface area contributed by atoms with Gasteiger partial charge in [-0.1, -0.05) is 30.2 Å². The highest BCUT2D eigenvalue weighted by atomic mass is 35.5. The normalized spacial score (nSPS) is 27.5. The van der Waals surface area contributed by atoms with Crippen LogP contribution in [0.5, 0.6) is 0 Å². The minimum absolute atomic E-state index is 0.261. The molecule has 3 rings (SSSR count). The molecule has 0 heterocycles. The molecule has 1 aromatic rings. The monoisotopic (exact) mass is 336 g/mol. The summed E-state index contributed by atoms with van der Waals surface area (Å²) in [7, 11) is 0. The van der Waals surface area contributed by atoms with E-state index in [0.29, 0.717) is 27.7 Å². The van der Waals surface area contributed by atoms with E-state index in [1.165, 1.54) is 25.7 Å². The van der Waals surface area contributed by atoms with Gasteiger partial charge in [-0.05, 0) is 68.3 Å². The van der Waals surface area contributed by atoms with Crippen molar-refractivity contribution in [3.05, 3.63) is 34.9 Å². The maximum absolute atomic E-state index is 12.2. The van der Waals surface area contributed by atoms with Crippen molar-refractivity contribution in [3.8, 4) is 0 Å². The third kappa shape index (κ3) is 3.28. The van der Waals surface area contributed by atoms with E-state index in [1.807, 2.05) is 0 Å². The molecule has 2 aliphatic rings. The summed E-state index contributed by atoms with van der Waals surface area (Å²) in [6, 6.07) is 7.28. The average molecular weight is 337 g/mol. The van der Waals surface area contributed by atoms with E-state index in [4.69, 9.17) is 23.8 Å². The van der Waals surface area contributed by atoms with Crippen LogP contribution in [-0.2, 0) is 0 Å². The number of fused-ring (bicyclic) bond motifs is 2. The maximum Gasteiger partial charge on any atom is 0.258 e. The molecule has 0 saturated heterocycles. The van der Waals surface area contributed by atoms with Gasteiger partial charge < -0.3 is 5.32 Å². The smallest absolute Gasteiger partial charge is 0.258 e. The molecule has 4 atom stereocenters. The van der Waals surface area contributed by atoms with Crippen LogP contribution in [0.1, 0.15) is 43.0 Å². The van der Waals surface area contributed by atoms with Crippen molar-refractivity contribution in [2.75, 3.05) is 0 Å². The van der Waals surface area contributed by atoms with Gasteiger partial charge in [0.1, 0.15) is 0 Å². The molecule has 1 amide bonds. The van der Waals surface area contributed by atoms with E-state index in [9.17, 15) is 4.79 Å². The van der Waals surface area contributed by atoms with Gasteiger partial charge in [-0.2, -0.15) is 0 Å². The lowest BCUT2D eigenvalue weighted by molar-refractivity contribution is 0.0976. The van der Waals surface area contributed by atoms with E-state index in [2.05, 4.69) is 17.6 Å². The van der Waals surface area contributed by atoms with Crippen LogP contribution in [0.2, 0.25) is 5.02 Å². The molecule has 4 unspecified atom stereocenters. The van der Waals surface area contributed by atoms with Crippen LogP contribution < -0.4 is 10.6 Å². The van der Waals surface area contributed by atoms with Gasteiger partial charge in [-0.25, -0.2) is 0 Å². The van der Waals surface area contributed by atoms with Gasteiger partial charge in [-0.3, -0.25) is 10.1 Å². The largest absolute Gasteiger partial charge is 0.360 e. The summed E-state index contributed by atoms with van der Waals surface area (Å²) in [5, 5.41) is 6.84. The number of thiocarbonyl (C=S) groups is 1. The number of hydrogen-bond donors (Lipinski definition) is 2. The Balaban J connectivity index is 1.54. The van der Waals surface area contributed by atoms with Gasteiger partial charge in [-0.15, -0.1) is 0 Å². The Bertz CT molecular complexity index is 592. The quantitative estimate of drug-likeness (QED) is 0.825. The molecular weight excluding hydrogens is 316 g/mol. The van der Waals surface area contributed by atoms with Crippen LogP contribution >= 0.6 is 23.8 Å². The molecule has 0 spiro atoms. The highest BCUT2D eigenvalue weighted by molar-refractivity contribution is 7.80. The molecular formula is C17H21ClN2OS. The molecule has 2 aliphatic carbocycles. The van der Waals surface area contributed by atoms with Crippen molar-refractivity contribution < 1.29 is 4.79 Å². The maximum atomic E-state index is 12.2. The zero-order chi connectivity index (χ0) is 15.7. The molecule has 2 N–H and O–H groups in total. The van der Waals surface area contributed by atoms with Crippen LogP contribution in [0.4, 0.5) is 0 Å². The summed E-state index contributed by atoms with van der Waals surface area (Å²) in [5.41, 5.74) is 0.445. The first-order valence-electron chi connectivity index (χ1n) is 7.91. The van der Waals surface area contributed by atoms with E-state index in [-0.39, 0.29) is 5.91 Å². The van der Waals surface area contributed by atoms with Crippen LogP contribution in [-0.4, -0.2) is 17.1 Å². The Morgan fingerprint density at radius 2 is 2.09 bits per heavy atom. The van der Waals surface area contributed by atoms with Gasteiger partial charge >= 0.3 is 0 Å². The van der Waals surface area contributed by atoms with Gasteiger partial charge in [0.05, 0.1) is 10.6 Å². The molecule has 1 aromatic carbocycles. The van der Waals surface area contributed by atoms with Crippen LogP contribution in [0.15, 0.2) is 24.3 Å². The second kappa shape index (κ2) is 6.55. The second-order valence-corrected chi connectivity index (χ2v) is 7.35. The molecule has 3 nitrogen and oxygen atoms in total. The van der Waals surface area contributed by atoms with E-state index < -0.39 is 0 Å². The Kier molecular flexibility index (Phi) is 4.69. The van der Waals surface area contributed by atoms with Gasteiger partial charge in [0.15, 0.2) is 5.11 Å². The lowest BCUT2D eigenvalue weighted by atomic mass is 9.84. The fourth-order valence-electron chi connectivity index (χ4n) is 4.07. The van der Waals surface area contributed by atoms with Crippen molar-refractivity contribution in [1.82, 2.24) is 10.6 Å². The minimum atomic E-state index is -0.261. The zero-order valence-corrected chi connectivity index (χ0v) is 14.2. The van der Waals surface area contributed by atoms with Crippen LogP contribution in [0, 0.1) is 17.8 Å². The third-order valence-corrected chi connectivity index (χ3v) is 5.69. The topological polar surface area (TPSA) is 41.1 Å². The molecule has 2 bridgehead atoms. The Labute approximate surface area is 141 Å². The number of carbonyl (C=O) groups is 1. The van der Waals surface area contributed by atoms with E-state index in [0.717, 1.165) is 11.8 Å². The highest BCUT2D eigenvalue weighted by Gasteiger charge is 2.41. The molecule has 22 heavy (non-hydrogen) atoms. The van der Waals surface area contributed by atoms with Gasteiger partial charge in [0, 0.05) is 6.04 Å². The second-order valence-electron chi connectivity index (χ2n) is 6.53. The van der Waals surface area contributed by atoms with Crippen molar-refractivity contribution in [3.63, 3.8) is 0 Å². The SMILES string of the molecule is CC(NC(=S)NC(=O)c1ccccc1Cl)C1CC2CCC1C2. The van der Waals surface area contributed by atoms with Crippen LogP contribution in [0.3, 0.4) is 0 Å². The number of benzene rings is 1. The highest BCUT2D eigenvalue weighted by Crippen LogP contribution is 2.49. The first kappa shape index (κ1) is 15.8. The lowest BCUT2D eigenvalue weighted by Gasteiger charge is -2.29. The van der Waals surface area contributed by atoms with Gasteiger partial charge in [0.25, 0.3) is 5.91 Å². The third-order valence-electron chi connectivity index (χ3n) is 5.14. The molecule has 5 heteroatoms. The molecule has 0 radical (unpaired) electrons. The zero-order valence-electron chi connectivity index (χ0n) is 12.6. The van der Waals surface area contributed by atoms with Crippen molar-refractivity contribution in [2.45, 2.75) is 38.6 Å². The summed E-state index contributed by atoms with van der Waals surface area (Å²) in [5.74, 6) is 2.15. The molecule has 2 saturated carbocycles. The summed E-state index contributed by atoms with van der Waals surface area (Å²) in [6.07, 6.45) is 5.40.